The summed E-state index contributed by atoms with van der Waals surface area (Å²) in [5, 5.41) is 21.1. The van der Waals surface area contributed by atoms with Crippen LogP contribution in [0.2, 0.25) is 0 Å². The molecule has 1 aromatic carbocycles. The zero-order chi connectivity index (χ0) is 19.1. The maximum absolute atomic E-state index is 13.4. The zero-order valence-electron chi connectivity index (χ0n) is 13.6. The minimum Gasteiger partial charge on any atom is -0.478 e. The van der Waals surface area contributed by atoms with Crippen LogP contribution in [0.15, 0.2) is 46.9 Å². The molecule has 0 saturated heterocycles. The van der Waals surface area contributed by atoms with Crippen molar-refractivity contribution in [2.24, 2.45) is 0 Å². The number of hydrogen-bond acceptors (Lipinski definition) is 4. The quantitative estimate of drug-likeness (QED) is 0.661. The summed E-state index contributed by atoms with van der Waals surface area (Å²) in [7, 11) is 1.43. The number of carboxylic acids is 1. The molecule has 0 unspecified atom stereocenters. The summed E-state index contributed by atoms with van der Waals surface area (Å²) in [4.78, 5) is 23.8. The zero-order valence-corrected chi connectivity index (χ0v) is 13.6. The minimum absolute atomic E-state index is 0.0921. The largest absolute Gasteiger partial charge is 0.478 e. The molecule has 1 atom stereocenters. The van der Waals surface area contributed by atoms with Crippen LogP contribution in [0.3, 0.4) is 0 Å². The van der Waals surface area contributed by atoms with Crippen LogP contribution in [-0.4, -0.2) is 27.9 Å². The second-order valence-electron chi connectivity index (χ2n) is 5.61. The number of nitrogens with zero attached hydrogens (tertiary/aromatic N) is 2. The molecule has 1 N–H and O–H groups in total. The van der Waals surface area contributed by atoms with E-state index < -0.39 is 45.4 Å². The van der Waals surface area contributed by atoms with Gasteiger partial charge in [-0.2, -0.15) is 13.2 Å². The first kappa shape index (κ1) is 18.5. The van der Waals surface area contributed by atoms with Crippen molar-refractivity contribution in [2.45, 2.75) is 25.9 Å². The Labute approximate surface area is 141 Å². The molecule has 0 bridgehead atoms. The minimum atomic E-state index is -4.77. The van der Waals surface area contributed by atoms with Gasteiger partial charge in [-0.15, -0.1) is 0 Å². The Balaban J connectivity index is 2.88. The summed E-state index contributed by atoms with van der Waals surface area (Å²) in [5.74, 6) is -3.13. The monoisotopic (exact) mass is 356 g/mol. The van der Waals surface area contributed by atoms with E-state index in [2.05, 4.69) is 0 Å². The number of hydrogen-bond donors (Lipinski definition) is 1. The number of alkyl halides is 3. The first-order chi connectivity index (χ1) is 11.5. The molecule has 0 spiro atoms. The fraction of sp³-hybridized carbons (Fsp3) is 0.312. The van der Waals surface area contributed by atoms with Crippen LogP contribution in [0.1, 0.15) is 30.9 Å². The molecule has 0 aliphatic carbocycles. The van der Waals surface area contributed by atoms with Gasteiger partial charge in [0.25, 0.3) is 5.70 Å². The van der Waals surface area contributed by atoms with Gasteiger partial charge in [-0.3, -0.25) is 10.1 Å². The number of carboxylic acid groups (broad SMARTS) is 1. The normalized spacial score (nSPS) is 18.6. The lowest BCUT2D eigenvalue weighted by atomic mass is 9.81. The SMILES string of the molecule is CC1=C(C(=O)O)[C@H](c2ccccc2C(F)(F)F)C([N+](=O)[O-])=C(C)N1C. The van der Waals surface area contributed by atoms with Crippen molar-refractivity contribution >= 4 is 5.97 Å². The maximum Gasteiger partial charge on any atom is 0.416 e. The van der Waals surface area contributed by atoms with Crippen LogP contribution in [0, 0.1) is 10.1 Å². The Morgan fingerprint density at radius 1 is 1.24 bits per heavy atom. The van der Waals surface area contributed by atoms with E-state index in [1.54, 1.807) is 0 Å². The standard InChI is InChI=1S/C16H15F3N2O4/c1-8-12(15(22)23)13(14(21(24)25)9(2)20(8)3)10-6-4-5-7-11(10)16(17,18)19/h4-7,13H,1-3H3,(H,22,23)/t13-/m0/s1. The van der Waals surface area contributed by atoms with Crippen molar-refractivity contribution in [3.8, 4) is 0 Å². The lowest BCUT2D eigenvalue weighted by Crippen LogP contribution is -2.33. The van der Waals surface area contributed by atoms with Gasteiger partial charge in [0, 0.05) is 12.7 Å². The van der Waals surface area contributed by atoms with E-state index in [0.29, 0.717) is 0 Å². The lowest BCUT2D eigenvalue weighted by Gasteiger charge is -2.32. The average molecular weight is 356 g/mol. The Morgan fingerprint density at radius 2 is 1.80 bits per heavy atom. The van der Waals surface area contributed by atoms with Gasteiger partial charge >= 0.3 is 12.1 Å². The molecule has 25 heavy (non-hydrogen) atoms. The molecule has 1 aromatic rings. The second kappa shape index (κ2) is 6.23. The van der Waals surface area contributed by atoms with Gasteiger partial charge in [0.2, 0.25) is 0 Å². The highest BCUT2D eigenvalue weighted by Crippen LogP contribution is 2.45. The van der Waals surface area contributed by atoms with Crippen molar-refractivity contribution in [3.05, 3.63) is 68.2 Å². The fourth-order valence-electron chi connectivity index (χ4n) is 2.98. The summed E-state index contributed by atoms with van der Waals surface area (Å²) >= 11 is 0. The maximum atomic E-state index is 13.4. The van der Waals surface area contributed by atoms with Gasteiger partial charge in [-0.1, -0.05) is 18.2 Å². The van der Waals surface area contributed by atoms with Crippen molar-refractivity contribution in [2.75, 3.05) is 7.05 Å². The second-order valence-corrected chi connectivity index (χ2v) is 5.61. The number of halogens is 3. The number of aliphatic carboxylic acids is 1. The summed E-state index contributed by atoms with van der Waals surface area (Å²) < 4.78 is 40.1. The molecule has 134 valence electrons. The van der Waals surface area contributed by atoms with Gasteiger partial charge in [-0.05, 0) is 25.5 Å². The van der Waals surface area contributed by atoms with E-state index in [9.17, 15) is 33.2 Å². The van der Waals surface area contributed by atoms with E-state index in [-0.39, 0.29) is 11.4 Å². The van der Waals surface area contributed by atoms with E-state index in [1.165, 1.54) is 31.9 Å². The summed E-state index contributed by atoms with van der Waals surface area (Å²) in [5.41, 5.74) is -2.33. The number of rotatable bonds is 3. The van der Waals surface area contributed by atoms with E-state index in [4.69, 9.17) is 0 Å². The van der Waals surface area contributed by atoms with Crippen LogP contribution in [0.4, 0.5) is 13.2 Å². The van der Waals surface area contributed by atoms with Crippen molar-refractivity contribution < 1.29 is 28.0 Å². The van der Waals surface area contributed by atoms with Crippen LogP contribution in [0.5, 0.6) is 0 Å². The van der Waals surface area contributed by atoms with Gasteiger partial charge in [0.15, 0.2) is 0 Å². The van der Waals surface area contributed by atoms with E-state index in [0.717, 1.165) is 18.2 Å². The first-order valence-corrected chi connectivity index (χ1v) is 7.17. The van der Waals surface area contributed by atoms with Gasteiger partial charge in [0.1, 0.15) is 5.92 Å². The third-order valence-corrected chi connectivity index (χ3v) is 4.33. The van der Waals surface area contributed by atoms with Crippen LogP contribution in [-0.2, 0) is 11.0 Å². The highest BCUT2D eigenvalue weighted by atomic mass is 19.4. The fourth-order valence-corrected chi connectivity index (χ4v) is 2.98. The molecule has 6 nitrogen and oxygen atoms in total. The van der Waals surface area contributed by atoms with Crippen LogP contribution >= 0.6 is 0 Å². The van der Waals surface area contributed by atoms with E-state index in [1.807, 2.05) is 0 Å². The first-order valence-electron chi connectivity index (χ1n) is 7.17. The molecular weight excluding hydrogens is 341 g/mol. The Bertz CT molecular complexity index is 774. The summed E-state index contributed by atoms with van der Waals surface area (Å²) in [6, 6.07) is 4.31. The van der Waals surface area contributed by atoms with Gasteiger partial charge in [0.05, 0.1) is 21.8 Å². The molecule has 0 saturated carbocycles. The number of benzene rings is 1. The molecule has 2 rings (SSSR count). The molecule has 0 aromatic heterocycles. The van der Waals surface area contributed by atoms with Crippen molar-refractivity contribution in [1.29, 1.82) is 0 Å². The van der Waals surface area contributed by atoms with Crippen molar-refractivity contribution in [3.63, 3.8) is 0 Å². The molecule has 0 amide bonds. The average Bonchev–Trinajstić information content (AvgIpc) is 2.50. The third kappa shape index (κ3) is 3.09. The molecule has 1 aliphatic heterocycles. The predicted octanol–water partition coefficient (Wildman–Crippen LogP) is 3.60. The third-order valence-electron chi connectivity index (χ3n) is 4.33. The lowest BCUT2D eigenvalue weighted by molar-refractivity contribution is -0.431. The summed E-state index contributed by atoms with van der Waals surface area (Å²) in [6.07, 6.45) is -4.77. The number of allylic oxidation sites excluding steroid dienone is 3. The molecular formula is C16H15F3N2O4. The highest BCUT2D eigenvalue weighted by molar-refractivity contribution is 5.91. The van der Waals surface area contributed by atoms with Crippen molar-refractivity contribution in [1.82, 2.24) is 4.90 Å². The molecule has 1 aliphatic rings. The van der Waals surface area contributed by atoms with Gasteiger partial charge in [-0.25, -0.2) is 4.79 Å². The Kier molecular flexibility index (Phi) is 4.61. The van der Waals surface area contributed by atoms with Crippen LogP contribution in [0.25, 0.3) is 0 Å². The molecule has 0 fully saturated rings. The smallest absolute Gasteiger partial charge is 0.416 e. The number of nitro groups is 1. The van der Waals surface area contributed by atoms with Gasteiger partial charge < -0.3 is 10.0 Å². The molecule has 0 radical (unpaired) electrons. The number of carbonyl (C=O) groups is 1. The topological polar surface area (TPSA) is 83.7 Å². The Hall–Kier alpha value is -2.84. The molecule has 1 heterocycles. The van der Waals surface area contributed by atoms with E-state index >= 15 is 0 Å². The molecule has 9 heteroatoms. The predicted molar refractivity (Wildman–Crippen MR) is 82.0 cm³/mol. The van der Waals surface area contributed by atoms with Crippen LogP contribution < -0.4 is 0 Å². The summed E-state index contributed by atoms with van der Waals surface area (Å²) in [6.45, 7) is 2.79. The Morgan fingerprint density at radius 3 is 2.28 bits per heavy atom. The highest BCUT2D eigenvalue weighted by Gasteiger charge is 2.46.